The predicted octanol–water partition coefficient (Wildman–Crippen LogP) is 0.0322. The molecule has 1 fully saturated rings. The minimum atomic E-state index is -0.469. The Labute approximate surface area is 103 Å². The lowest BCUT2D eigenvalue weighted by Gasteiger charge is -2.15. The van der Waals surface area contributed by atoms with Crippen molar-refractivity contribution in [3.8, 4) is 0 Å². The monoisotopic (exact) mass is 244 g/mol. The number of carbonyl (C=O) groups excluding carboxylic acids is 1. The second-order valence-electron chi connectivity index (χ2n) is 4.54. The number of hydrogen-bond acceptors (Lipinski definition) is 4. The number of rotatable bonds is 9. The number of aliphatic hydroxyl groups is 1. The van der Waals surface area contributed by atoms with Gasteiger partial charge in [-0.1, -0.05) is 13.3 Å². The summed E-state index contributed by atoms with van der Waals surface area (Å²) in [5, 5.41) is 15.6. The first-order chi connectivity index (χ1) is 8.22. The van der Waals surface area contributed by atoms with Gasteiger partial charge in [0.05, 0.1) is 12.7 Å². The topological polar surface area (TPSA) is 70.6 Å². The lowest BCUT2D eigenvalue weighted by molar-refractivity contribution is -0.119. The first-order valence-electron chi connectivity index (χ1n) is 6.48. The third-order valence-electron chi connectivity index (χ3n) is 2.81. The molecule has 1 heterocycles. The Balaban J connectivity index is 1.92. The Morgan fingerprint density at radius 1 is 1.65 bits per heavy atom. The zero-order valence-electron chi connectivity index (χ0n) is 10.6. The fraction of sp³-hybridized carbons (Fsp3) is 0.917. The third-order valence-corrected chi connectivity index (χ3v) is 2.81. The van der Waals surface area contributed by atoms with E-state index in [-0.39, 0.29) is 11.9 Å². The largest absolute Gasteiger partial charge is 0.389 e. The van der Waals surface area contributed by atoms with Crippen LogP contribution in [0, 0.1) is 0 Å². The highest BCUT2D eigenvalue weighted by Gasteiger charge is 2.20. The van der Waals surface area contributed by atoms with Crippen molar-refractivity contribution >= 4 is 5.91 Å². The normalized spacial score (nSPS) is 21.5. The van der Waals surface area contributed by atoms with Crippen LogP contribution in [0.3, 0.4) is 0 Å². The van der Waals surface area contributed by atoms with Crippen molar-refractivity contribution in [1.82, 2.24) is 10.6 Å². The fourth-order valence-corrected chi connectivity index (χ4v) is 1.78. The minimum absolute atomic E-state index is 0.125. The lowest BCUT2D eigenvalue weighted by atomic mass is 10.2. The summed E-state index contributed by atoms with van der Waals surface area (Å²) in [5.74, 6) is 0.125. The average Bonchev–Trinajstić information content (AvgIpc) is 2.71. The van der Waals surface area contributed by atoms with E-state index in [9.17, 15) is 9.90 Å². The fourth-order valence-electron chi connectivity index (χ4n) is 1.78. The van der Waals surface area contributed by atoms with Crippen LogP contribution < -0.4 is 10.6 Å². The maximum Gasteiger partial charge on any atom is 0.220 e. The van der Waals surface area contributed by atoms with Gasteiger partial charge in [-0.05, 0) is 12.8 Å². The van der Waals surface area contributed by atoms with Crippen LogP contribution in [0.2, 0.25) is 0 Å². The second kappa shape index (κ2) is 8.44. The third kappa shape index (κ3) is 6.61. The van der Waals surface area contributed by atoms with Gasteiger partial charge >= 0.3 is 0 Å². The van der Waals surface area contributed by atoms with Crippen LogP contribution in [0.1, 0.15) is 32.6 Å². The first-order valence-corrected chi connectivity index (χ1v) is 6.48. The lowest BCUT2D eigenvalue weighted by Crippen LogP contribution is -2.39. The highest BCUT2D eigenvalue weighted by atomic mass is 16.5. The van der Waals surface area contributed by atoms with E-state index in [2.05, 4.69) is 17.6 Å². The van der Waals surface area contributed by atoms with E-state index < -0.39 is 6.10 Å². The zero-order chi connectivity index (χ0) is 12.5. The van der Waals surface area contributed by atoms with E-state index in [0.29, 0.717) is 26.2 Å². The van der Waals surface area contributed by atoms with Gasteiger partial charge in [0.15, 0.2) is 0 Å². The van der Waals surface area contributed by atoms with Crippen LogP contribution in [0.25, 0.3) is 0 Å². The average molecular weight is 244 g/mol. The molecule has 0 aliphatic carbocycles. The van der Waals surface area contributed by atoms with Gasteiger partial charge in [-0.15, -0.1) is 0 Å². The van der Waals surface area contributed by atoms with Gasteiger partial charge in [-0.25, -0.2) is 0 Å². The van der Waals surface area contributed by atoms with Crippen molar-refractivity contribution in [3.05, 3.63) is 0 Å². The molecule has 0 saturated carbocycles. The van der Waals surface area contributed by atoms with Crippen molar-refractivity contribution in [2.45, 2.75) is 44.8 Å². The standard InChI is InChI=1S/C12H24N2O3/c1-2-3-6-17-9-11(15)8-13-7-10-4-5-12(16)14-10/h10-11,13,15H,2-9H2,1H3,(H,14,16). The van der Waals surface area contributed by atoms with Crippen molar-refractivity contribution in [3.63, 3.8) is 0 Å². The van der Waals surface area contributed by atoms with E-state index in [0.717, 1.165) is 25.8 Å². The molecule has 1 aliphatic rings. The molecule has 0 aromatic carbocycles. The maximum atomic E-state index is 10.9. The SMILES string of the molecule is CCCCOCC(O)CNCC1CCC(=O)N1. The second-order valence-corrected chi connectivity index (χ2v) is 4.54. The molecule has 0 radical (unpaired) electrons. The number of ether oxygens (including phenoxy) is 1. The number of amides is 1. The Hall–Kier alpha value is -0.650. The minimum Gasteiger partial charge on any atom is -0.389 e. The van der Waals surface area contributed by atoms with Gasteiger partial charge in [-0.3, -0.25) is 4.79 Å². The smallest absolute Gasteiger partial charge is 0.220 e. The molecule has 5 nitrogen and oxygen atoms in total. The van der Waals surface area contributed by atoms with Gasteiger partial charge in [0.2, 0.25) is 5.91 Å². The molecule has 0 aromatic heterocycles. The first kappa shape index (κ1) is 14.4. The molecule has 0 aromatic rings. The Kier molecular flexibility index (Phi) is 7.16. The molecule has 0 spiro atoms. The molecular formula is C12H24N2O3. The highest BCUT2D eigenvalue weighted by Crippen LogP contribution is 2.04. The molecule has 17 heavy (non-hydrogen) atoms. The Bertz CT molecular complexity index is 224. The van der Waals surface area contributed by atoms with Crippen molar-refractivity contribution in [2.75, 3.05) is 26.3 Å². The molecule has 2 unspecified atom stereocenters. The summed E-state index contributed by atoms with van der Waals surface area (Å²) in [5.41, 5.74) is 0. The van der Waals surface area contributed by atoms with Crippen LogP contribution in [-0.2, 0) is 9.53 Å². The Morgan fingerprint density at radius 3 is 3.12 bits per heavy atom. The molecule has 2 atom stereocenters. The number of hydrogen-bond donors (Lipinski definition) is 3. The number of carbonyl (C=O) groups is 1. The van der Waals surface area contributed by atoms with E-state index in [1.54, 1.807) is 0 Å². The van der Waals surface area contributed by atoms with Gasteiger partial charge < -0.3 is 20.5 Å². The van der Waals surface area contributed by atoms with E-state index in [1.165, 1.54) is 0 Å². The maximum absolute atomic E-state index is 10.9. The predicted molar refractivity (Wildman–Crippen MR) is 65.8 cm³/mol. The van der Waals surface area contributed by atoms with E-state index in [4.69, 9.17) is 4.74 Å². The quantitative estimate of drug-likeness (QED) is 0.501. The highest BCUT2D eigenvalue weighted by molar-refractivity contribution is 5.78. The van der Waals surface area contributed by atoms with Gasteiger partial charge in [0.25, 0.3) is 0 Å². The van der Waals surface area contributed by atoms with Crippen LogP contribution in [0.15, 0.2) is 0 Å². The van der Waals surface area contributed by atoms with Gasteiger partial charge in [-0.2, -0.15) is 0 Å². The molecule has 1 rings (SSSR count). The summed E-state index contributed by atoms with van der Waals surface area (Å²) in [7, 11) is 0. The molecule has 3 N–H and O–H groups in total. The number of nitrogens with one attached hydrogen (secondary N) is 2. The summed E-state index contributed by atoms with van der Waals surface area (Å²) in [6.45, 7) is 4.43. The van der Waals surface area contributed by atoms with Crippen molar-refractivity contribution < 1.29 is 14.6 Å². The molecule has 1 aliphatic heterocycles. The molecule has 100 valence electrons. The summed E-state index contributed by atoms with van der Waals surface area (Å²) in [6.07, 6.45) is 3.18. The molecular weight excluding hydrogens is 220 g/mol. The van der Waals surface area contributed by atoms with Crippen LogP contribution in [0.4, 0.5) is 0 Å². The summed E-state index contributed by atoms with van der Waals surface area (Å²) in [6, 6.07) is 0.218. The van der Waals surface area contributed by atoms with Crippen LogP contribution in [-0.4, -0.2) is 49.5 Å². The van der Waals surface area contributed by atoms with Crippen LogP contribution >= 0.6 is 0 Å². The van der Waals surface area contributed by atoms with Crippen LogP contribution in [0.5, 0.6) is 0 Å². The molecule has 1 amide bonds. The molecule has 1 saturated heterocycles. The number of unbranched alkanes of at least 4 members (excludes halogenated alkanes) is 1. The van der Waals surface area contributed by atoms with Gasteiger partial charge in [0, 0.05) is 32.2 Å². The van der Waals surface area contributed by atoms with E-state index in [1.807, 2.05) is 0 Å². The van der Waals surface area contributed by atoms with Crippen molar-refractivity contribution in [1.29, 1.82) is 0 Å². The number of aliphatic hydroxyl groups excluding tert-OH is 1. The Morgan fingerprint density at radius 2 is 2.47 bits per heavy atom. The van der Waals surface area contributed by atoms with E-state index >= 15 is 0 Å². The molecule has 5 heteroatoms. The molecule has 0 bridgehead atoms. The summed E-state index contributed by atoms with van der Waals surface area (Å²) in [4.78, 5) is 10.9. The van der Waals surface area contributed by atoms with Gasteiger partial charge in [0.1, 0.15) is 0 Å². The summed E-state index contributed by atoms with van der Waals surface area (Å²) < 4.78 is 5.32. The summed E-state index contributed by atoms with van der Waals surface area (Å²) >= 11 is 0. The zero-order valence-corrected chi connectivity index (χ0v) is 10.6. The van der Waals surface area contributed by atoms with Crippen molar-refractivity contribution in [2.24, 2.45) is 0 Å².